The van der Waals surface area contributed by atoms with Crippen molar-refractivity contribution in [2.24, 2.45) is 5.92 Å². The van der Waals surface area contributed by atoms with E-state index in [2.05, 4.69) is 17.6 Å². The molecule has 1 amide bonds. The highest BCUT2D eigenvalue weighted by Crippen LogP contribution is 2.15. The van der Waals surface area contributed by atoms with Gasteiger partial charge in [-0.3, -0.25) is 9.59 Å². The number of piperidine rings is 1. The number of nitrogens with one attached hydrogen (secondary N) is 2. The number of unbranched alkanes of at least 4 members (excludes halogenated alkanes) is 2. The monoisotopic (exact) mass is 256 g/mol. The maximum atomic E-state index is 11.9. The van der Waals surface area contributed by atoms with Gasteiger partial charge in [0.1, 0.15) is 0 Å². The summed E-state index contributed by atoms with van der Waals surface area (Å²) in [7, 11) is 0. The summed E-state index contributed by atoms with van der Waals surface area (Å²) in [5.41, 5.74) is 0. The number of carboxylic acid groups (broad SMARTS) is 1. The summed E-state index contributed by atoms with van der Waals surface area (Å²) >= 11 is 0. The van der Waals surface area contributed by atoms with Crippen LogP contribution in [-0.4, -0.2) is 36.1 Å². The molecule has 1 aliphatic rings. The van der Waals surface area contributed by atoms with Crippen molar-refractivity contribution in [2.75, 3.05) is 13.1 Å². The lowest BCUT2D eigenvalue weighted by molar-refractivity contribution is -0.137. The third-order valence-electron chi connectivity index (χ3n) is 3.42. The molecule has 0 aromatic rings. The van der Waals surface area contributed by atoms with Gasteiger partial charge in [0, 0.05) is 13.0 Å². The Hall–Kier alpha value is -1.10. The molecular weight excluding hydrogens is 232 g/mol. The van der Waals surface area contributed by atoms with E-state index in [9.17, 15) is 9.59 Å². The Balaban J connectivity index is 2.07. The van der Waals surface area contributed by atoms with Gasteiger partial charge in [0.2, 0.25) is 5.91 Å². The van der Waals surface area contributed by atoms with E-state index >= 15 is 0 Å². The van der Waals surface area contributed by atoms with E-state index in [-0.39, 0.29) is 18.4 Å². The zero-order valence-corrected chi connectivity index (χ0v) is 11.1. The summed E-state index contributed by atoms with van der Waals surface area (Å²) < 4.78 is 0. The van der Waals surface area contributed by atoms with Crippen LogP contribution in [0.1, 0.15) is 45.4 Å². The first-order valence-electron chi connectivity index (χ1n) is 6.84. The van der Waals surface area contributed by atoms with Crippen LogP contribution in [0, 0.1) is 5.92 Å². The van der Waals surface area contributed by atoms with Crippen molar-refractivity contribution in [2.45, 2.75) is 51.5 Å². The fourth-order valence-electron chi connectivity index (χ4n) is 2.30. The maximum absolute atomic E-state index is 11.9. The summed E-state index contributed by atoms with van der Waals surface area (Å²) in [4.78, 5) is 22.2. The van der Waals surface area contributed by atoms with Crippen LogP contribution >= 0.6 is 0 Å². The Labute approximate surface area is 108 Å². The van der Waals surface area contributed by atoms with E-state index in [1.807, 2.05) is 0 Å². The molecular formula is C13H24N2O3. The first-order chi connectivity index (χ1) is 8.61. The third kappa shape index (κ3) is 5.49. The van der Waals surface area contributed by atoms with Crippen molar-refractivity contribution in [3.63, 3.8) is 0 Å². The van der Waals surface area contributed by atoms with E-state index in [0.717, 1.165) is 32.2 Å². The fourth-order valence-corrected chi connectivity index (χ4v) is 2.30. The molecule has 0 aromatic carbocycles. The van der Waals surface area contributed by atoms with Crippen LogP contribution in [-0.2, 0) is 9.59 Å². The average Bonchev–Trinajstić information content (AvgIpc) is 2.33. The van der Waals surface area contributed by atoms with Gasteiger partial charge >= 0.3 is 5.97 Å². The van der Waals surface area contributed by atoms with Gasteiger partial charge in [-0.25, -0.2) is 0 Å². The predicted molar refractivity (Wildman–Crippen MR) is 69.3 cm³/mol. The number of rotatable bonds is 7. The smallest absolute Gasteiger partial charge is 0.303 e. The van der Waals surface area contributed by atoms with E-state index in [4.69, 9.17) is 5.11 Å². The highest BCUT2D eigenvalue weighted by molar-refractivity contribution is 5.82. The number of carboxylic acids is 1. The Morgan fingerprint density at radius 3 is 2.78 bits per heavy atom. The maximum Gasteiger partial charge on any atom is 0.303 e. The minimum absolute atomic E-state index is 0.0576. The molecule has 0 radical (unpaired) electrons. The lowest BCUT2D eigenvalue weighted by Gasteiger charge is -2.28. The lowest BCUT2D eigenvalue weighted by atomic mass is 9.92. The van der Waals surface area contributed by atoms with Crippen LogP contribution in [0.4, 0.5) is 0 Å². The molecule has 1 heterocycles. The second kappa shape index (κ2) is 8.08. The Bertz CT molecular complexity index is 281. The molecule has 0 aromatic heterocycles. The van der Waals surface area contributed by atoms with Crippen molar-refractivity contribution in [3.05, 3.63) is 0 Å². The van der Waals surface area contributed by atoms with E-state index in [0.29, 0.717) is 18.9 Å². The quantitative estimate of drug-likeness (QED) is 0.597. The van der Waals surface area contributed by atoms with Crippen LogP contribution in [0.25, 0.3) is 0 Å². The molecule has 0 spiro atoms. The highest BCUT2D eigenvalue weighted by Gasteiger charge is 2.26. The number of amides is 1. The number of hydrogen-bond acceptors (Lipinski definition) is 3. The molecule has 2 atom stereocenters. The first-order valence-corrected chi connectivity index (χ1v) is 6.84. The molecule has 1 saturated heterocycles. The molecule has 2 unspecified atom stereocenters. The molecule has 104 valence electrons. The van der Waals surface area contributed by atoms with Crippen molar-refractivity contribution in [3.8, 4) is 0 Å². The SMILES string of the molecule is CC1CCCNC1C(=O)NCCCCCC(=O)O. The van der Waals surface area contributed by atoms with E-state index in [1.54, 1.807) is 0 Å². The first kappa shape index (κ1) is 15.0. The van der Waals surface area contributed by atoms with Gasteiger partial charge in [0.25, 0.3) is 0 Å². The number of carbonyl (C=O) groups is 2. The molecule has 3 N–H and O–H groups in total. The topological polar surface area (TPSA) is 78.4 Å². The van der Waals surface area contributed by atoms with Crippen LogP contribution in [0.3, 0.4) is 0 Å². The summed E-state index contributed by atoms with van der Waals surface area (Å²) in [5, 5.41) is 14.6. The Kier molecular flexibility index (Phi) is 6.72. The van der Waals surface area contributed by atoms with Crippen LogP contribution < -0.4 is 10.6 Å². The second-order valence-electron chi connectivity index (χ2n) is 5.05. The van der Waals surface area contributed by atoms with Gasteiger partial charge in [-0.2, -0.15) is 0 Å². The summed E-state index contributed by atoms with van der Waals surface area (Å²) in [5.74, 6) is -0.273. The minimum atomic E-state index is -0.751. The van der Waals surface area contributed by atoms with E-state index in [1.165, 1.54) is 0 Å². The Morgan fingerprint density at radius 1 is 1.33 bits per heavy atom. The predicted octanol–water partition coefficient (Wildman–Crippen LogP) is 1.14. The van der Waals surface area contributed by atoms with Crippen LogP contribution in [0.2, 0.25) is 0 Å². The number of hydrogen-bond donors (Lipinski definition) is 3. The lowest BCUT2D eigenvalue weighted by Crippen LogP contribution is -2.51. The van der Waals surface area contributed by atoms with Crippen molar-refractivity contribution >= 4 is 11.9 Å². The van der Waals surface area contributed by atoms with Gasteiger partial charge in [0.15, 0.2) is 0 Å². The number of aliphatic carboxylic acids is 1. The van der Waals surface area contributed by atoms with Gasteiger partial charge in [-0.05, 0) is 38.1 Å². The molecule has 18 heavy (non-hydrogen) atoms. The van der Waals surface area contributed by atoms with Gasteiger partial charge in [-0.15, -0.1) is 0 Å². The standard InChI is InChI=1S/C13H24N2O3/c1-10-6-5-9-14-12(10)13(18)15-8-4-2-3-7-11(16)17/h10,12,14H,2-9H2,1H3,(H,15,18)(H,16,17). The molecule has 1 rings (SSSR count). The fraction of sp³-hybridized carbons (Fsp3) is 0.846. The largest absolute Gasteiger partial charge is 0.481 e. The molecule has 0 bridgehead atoms. The summed E-state index contributed by atoms with van der Waals surface area (Å²) in [6.45, 7) is 3.66. The van der Waals surface area contributed by atoms with Crippen molar-refractivity contribution in [1.82, 2.24) is 10.6 Å². The average molecular weight is 256 g/mol. The number of carbonyl (C=O) groups excluding carboxylic acids is 1. The molecule has 1 fully saturated rings. The van der Waals surface area contributed by atoms with Crippen LogP contribution in [0.15, 0.2) is 0 Å². The molecule has 5 heteroatoms. The normalized spacial score (nSPS) is 23.6. The Morgan fingerprint density at radius 2 is 2.11 bits per heavy atom. The zero-order chi connectivity index (χ0) is 13.4. The minimum Gasteiger partial charge on any atom is -0.481 e. The van der Waals surface area contributed by atoms with Crippen molar-refractivity contribution in [1.29, 1.82) is 0 Å². The van der Waals surface area contributed by atoms with Gasteiger partial charge in [0.05, 0.1) is 6.04 Å². The molecule has 0 saturated carbocycles. The van der Waals surface area contributed by atoms with Crippen molar-refractivity contribution < 1.29 is 14.7 Å². The third-order valence-corrected chi connectivity index (χ3v) is 3.42. The zero-order valence-electron chi connectivity index (χ0n) is 11.1. The second-order valence-corrected chi connectivity index (χ2v) is 5.05. The summed E-state index contributed by atoms with van der Waals surface area (Å²) in [6.07, 6.45) is 4.84. The summed E-state index contributed by atoms with van der Waals surface area (Å²) in [6, 6.07) is -0.0576. The highest BCUT2D eigenvalue weighted by atomic mass is 16.4. The molecule has 1 aliphatic heterocycles. The van der Waals surface area contributed by atoms with Crippen LogP contribution in [0.5, 0.6) is 0 Å². The van der Waals surface area contributed by atoms with Gasteiger partial charge < -0.3 is 15.7 Å². The molecule has 0 aliphatic carbocycles. The molecule has 5 nitrogen and oxygen atoms in total. The van der Waals surface area contributed by atoms with E-state index < -0.39 is 5.97 Å². The van der Waals surface area contributed by atoms with Gasteiger partial charge in [-0.1, -0.05) is 13.3 Å².